The van der Waals surface area contributed by atoms with E-state index in [9.17, 15) is 0 Å². The van der Waals surface area contributed by atoms with Gasteiger partial charge in [-0.3, -0.25) is 0 Å². The van der Waals surface area contributed by atoms with E-state index in [-0.39, 0.29) is 0 Å². The van der Waals surface area contributed by atoms with Crippen LogP contribution in [0.2, 0.25) is 0 Å². The molecule has 0 aliphatic heterocycles. The van der Waals surface area contributed by atoms with Crippen LogP contribution in [0.3, 0.4) is 0 Å². The molecule has 0 heterocycles. The third-order valence-electron chi connectivity index (χ3n) is 3.31. The molecule has 2 heteroatoms. The fraction of sp³-hybridized carbons (Fsp3) is 0.647. The molecule has 0 aliphatic rings. The third kappa shape index (κ3) is 6.74. The first-order chi connectivity index (χ1) is 9.27. The van der Waals surface area contributed by atoms with Crippen molar-refractivity contribution in [2.45, 2.75) is 52.5 Å². The number of hydrogen-bond donors (Lipinski definition) is 1. The van der Waals surface area contributed by atoms with E-state index in [2.05, 4.69) is 50.4 Å². The van der Waals surface area contributed by atoms with Gasteiger partial charge in [-0.2, -0.15) is 0 Å². The van der Waals surface area contributed by atoms with E-state index >= 15 is 0 Å². The summed E-state index contributed by atoms with van der Waals surface area (Å²) in [6.45, 7) is 9.33. The van der Waals surface area contributed by atoms with E-state index in [1.807, 2.05) is 0 Å². The molecule has 1 atom stereocenters. The van der Waals surface area contributed by atoms with E-state index in [4.69, 9.17) is 4.74 Å². The van der Waals surface area contributed by atoms with E-state index in [1.54, 1.807) is 0 Å². The van der Waals surface area contributed by atoms with Crippen molar-refractivity contribution in [2.75, 3.05) is 19.8 Å². The van der Waals surface area contributed by atoms with Crippen molar-refractivity contribution in [2.24, 2.45) is 0 Å². The summed E-state index contributed by atoms with van der Waals surface area (Å²) in [4.78, 5) is 0. The number of hydrogen-bond acceptors (Lipinski definition) is 2. The monoisotopic (exact) mass is 263 g/mol. The Labute approximate surface area is 118 Å². The largest absolute Gasteiger partial charge is 0.381 e. The molecular weight excluding hydrogens is 234 g/mol. The van der Waals surface area contributed by atoms with Crippen LogP contribution in [0.15, 0.2) is 24.3 Å². The molecule has 0 bridgehead atoms. The van der Waals surface area contributed by atoms with Gasteiger partial charge in [-0.05, 0) is 38.3 Å². The zero-order valence-corrected chi connectivity index (χ0v) is 12.7. The van der Waals surface area contributed by atoms with Crippen molar-refractivity contribution in [3.05, 3.63) is 35.4 Å². The quantitative estimate of drug-likeness (QED) is 0.637. The number of unbranched alkanes of at least 4 members (excludes halogenated alkanes) is 1. The summed E-state index contributed by atoms with van der Waals surface area (Å²) in [5, 5.41) is 3.62. The van der Waals surface area contributed by atoms with E-state index in [0.717, 1.165) is 32.6 Å². The van der Waals surface area contributed by atoms with Gasteiger partial charge in [-0.25, -0.2) is 0 Å². The lowest BCUT2D eigenvalue weighted by Crippen LogP contribution is -2.23. The molecule has 108 valence electrons. The van der Waals surface area contributed by atoms with E-state index in [0.29, 0.717) is 6.04 Å². The smallest absolute Gasteiger partial charge is 0.0484 e. The van der Waals surface area contributed by atoms with Crippen molar-refractivity contribution < 1.29 is 4.74 Å². The molecule has 1 unspecified atom stereocenters. The lowest BCUT2D eigenvalue weighted by atomic mass is 10.0. The van der Waals surface area contributed by atoms with Crippen molar-refractivity contribution in [3.63, 3.8) is 0 Å². The number of aryl methyl sites for hydroxylation is 1. The molecule has 1 aromatic rings. The average Bonchev–Trinajstić information content (AvgIpc) is 2.43. The lowest BCUT2D eigenvalue weighted by Gasteiger charge is -2.19. The summed E-state index contributed by atoms with van der Waals surface area (Å²) in [6, 6.07) is 9.26. The molecule has 1 rings (SSSR count). The maximum absolute atomic E-state index is 5.69. The summed E-state index contributed by atoms with van der Waals surface area (Å²) >= 11 is 0. The zero-order chi connectivity index (χ0) is 13.9. The topological polar surface area (TPSA) is 21.3 Å². The molecule has 0 radical (unpaired) electrons. The molecule has 0 amide bonds. The van der Waals surface area contributed by atoms with Gasteiger partial charge in [0, 0.05) is 19.3 Å². The minimum absolute atomic E-state index is 0.419. The number of benzene rings is 1. The summed E-state index contributed by atoms with van der Waals surface area (Å²) < 4.78 is 5.69. The summed E-state index contributed by atoms with van der Waals surface area (Å²) in [7, 11) is 0. The second kappa shape index (κ2) is 9.99. The molecule has 0 fully saturated rings. The number of rotatable bonds is 10. The molecular formula is C17H29NO. The van der Waals surface area contributed by atoms with E-state index in [1.165, 1.54) is 24.0 Å². The maximum Gasteiger partial charge on any atom is 0.0484 e. The predicted octanol–water partition coefficient (Wildman–Crippen LogP) is 4.24. The Kier molecular flexibility index (Phi) is 8.52. The predicted molar refractivity (Wildman–Crippen MR) is 82.6 cm³/mol. The summed E-state index contributed by atoms with van der Waals surface area (Å²) in [5.74, 6) is 0. The van der Waals surface area contributed by atoms with Gasteiger partial charge in [0.25, 0.3) is 0 Å². The van der Waals surface area contributed by atoms with Gasteiger partial charge in [0.1, 0.15) is 0 Å². The molecule has 0 aliphatic carbocycles. The molecule has 1 N–H and O–H groups in total. The van der Waals surface area contributed by atoms with Crippen molar-refractivity contribution in [1.82, 2.24) is 5.32 Å². The minimum atomic E-state index is 0.419. The normalized spacial score (nSPS) is 12.6. The van der Waals surface area contributed by atoms with Crippen molar-refractivity contribution in [3.8, 4) is 0 Å². The highest BCUT2D eigenvalue weighted by atomic mass is 16.5. The molecule has 0 aromatic heterocycles. The Bertz CT molecular complexity index is 321. The fourth-order valence-corrected chi connectivity index (χ4v) is 2.05. The molecule has 0 spiro atoms. The zero-order valence-electron chi connectivity index (χ0n) is 12.7. The van der Waals surface area contributed by atoms with Gasteiger partial charge >= 0.3 is 0 Å². The van der Waals surface area contributed by atoms with E-state index < -0.39 is 0 Å². The SMILES string of the molecule is CCCCOCCC(NCCC)c1ccc(C)cc1. The summed E-state index contributed by atoms with van der Waals surface area (Å²) in [5.41, 5.74) is 2.69. The van der Waals surface area contributed by atoms with Gasteiger partial charge in [-0.15, -0.1) is 0 Å². The van der Waals surface area contributed by atoms with Gasteiger partial charge in [0.15, 0.2) is 0 Å². The Morgan fingerprint density at radius 1 is 1.05 bits per heavy atom. The number of nitrogens with one attached hydrogen (secondary N) is 1. The van der Waals surface area contributed by atoms with Crippen LogP contribution in [0.1, 0.15) is 56.7 Å². The molecule has 0 saturated carbocycles. The number of ether oxygens (including phenoxy) is 1. The highest BCUT2D eigenvalue weighted by molar-refractivity contribution is 5.24. The van der Waals surface area contributed by atoms with Gasteiger partial charge in [0.2, 0.25) is 0 Å². The highest BCUT2D eigenvalue weighted by Gasteiger charge is 2.10. The Hall–Kier alpha value is -0.860. The van der Waals surface area contributed by atoms with Crippen LogP contribution in [0.25, 0.3) is 0 Å². The second-order valence-electron chi connectivity index (χ2n) is 5.17. The molecule has 1 aromatic carbocycles. The highest BCUT2D eigenvalue weighted by Crippen LogP contribution is 2.17. The molecule has 19 heavy (non-hydrogen) atoms. The maximum atomic E-state index is 5.69. The van der Waals surface area contributed by atoms with Crippen molar-refractivity contribution in [1.29, 1.82) is 0 Å². The first-order valence-corrected chi connectivity index (χ1v) is 7.65. The van der Waals surface area contributed by atoms with Gasteiger partial charge in [0.05, 0.1) is 0 Å². The standard InChI is InChI=1S/C17H29NO/c1-4-6-13-19-14-11-17(18-12-5-2)16-9-7-15(3)8-10-16/h7-10,17-18H,4-6,11-14H2,1-3H3. The van der Waals surface area contributed by atoms with Crippen LogP contribution >= 0.6 is 0 Å². The third-order valence-corrected chi connectivity index (χ3v) is 3.31. The van der Waals surface area contributed by atoms with Crippen LogP contribution in [0.5, 0.6) is 0 Å². The fourth-order valence-electron chi connectivity index (χ4n) is 2.05. The minimum Gasteiger partial charge on any atom is -0.381 e. The summed E-state index contributed by atoms with van der Waals surface area (Å²) in [6.07, 6.45) is 4.58. The Balaban J connectivity index is 2.44. The first-order valence-electron chi connectivity index (χ1n) is 7.65. The van der Waals surface area contributed by atoms with Crippen LogP contribution in [0, 0.1) is 6.92 Å². The van der Waals surface area contributed by atoms with Crippen LogP contribution in [-0.2, 0) is 4.74 Å². The van der Waals surface area contributed by atoms with Gasteiger partial charge in [-0.1, -0.05) is 50.1 Å². The van der Waals surface area contributed by atoms with Crippen LogP contribution in [-0.4, -0.2) is 19.8 Å². The Morgan fingerprint density at radius 3 is 2.42 bits per heavy atom. The molecule has 0 saturated heterocycles. The van der Waals surface area contributed by atoms with Gasteiger partial charge < -0.3 is 10.1 Å². The second-order valence-corrected chi connectivity index (χ2v) is 5.17. The van der Waals surface area contributed by atoms with Crippen molar-refractivity contribution >= 4 is 0 Å². The Morgan fingerprint density at radius 2 is 1.79 bits per heavy atom. The lowest BCUT2D eigenvalue weighted by molar-refractivity contribution is 0.121. The first kappa shape index (κ1) is 16.2. The average molecular weight is 263 g/mol. The van der Waals surface area contributed by atoms with Crippen LogP contribution in [0.4, 0.5) is 0 Å². The van der Waals surface area contributed by atoms with Crippen LogP contribution < -0.4 is 5.32 Å². The molecule has 2 nitrogen and oxygen atoms in total.